The van der Waals surface area contributed by atoms with Crippen LogP contribution in [0.15, 0.2) is 18.5 Å². The number of aromatic amines is 1. The lowest BCUT2D eigenvalue weighted by atomic mass is 10.1. The molecule has 0 saturated heterocycles. The Bertz CT molecular complexity index is 500. The van der Waals surface area contributed by atoms with Crippen LogP contribution >= 0.6 is 0 Å². The molecular formula is C12H18N4O. The van der Waals surface area contributed by atoms with E-state index in [1.807, 2.05) is 6.07 Å². The van der Waals surface area contributed by atoms with E-state index in [-0.39, 0.29) is 5.54 Å². The summed E-state index contributed by atoms with van der Waals surface area (Å²) in [5.41, 5.74) is 1.53. The fourth-order valence-corrected chi connectivity index (χ4v) is 1.65. The van der Waals surface area contributed by atoms with Crippen molar-refractivity contribution in [1.29, 1.82) is 0 Å². The Labute approximate surface area is 100 Å². The quantitative estimate of drug-likeness (QED) is 0.750. The molecule has 5 heteroatoms. The molecule has 0 amide bonds. The minimum absolute atomic E-state index is 0.0225. The van der Waals surface area contributed by atoms with Gasteiger partial charge < -0.3 is 10.4 Å². The van der Waals surface area contributed by atoms with Gasteiger partial charge in [-0.1, -0.05) is 0 Å². The van der Waals surface area contributed by atoms with E-state index in [2.05, 4.69) is 41.3 Å². The number of hydrogen-bond acceptors (Lipinski definition) is 4. The maximum atomic E-state index is 10.1. The Hall–Kier alpha value is -1.46. The molecule has 2 rings (SSSR count). The van der Waals surface area contributed by atoms with Gasteiger partial charge in [-0.25, -0.2) is 0 Å². The first-order valence-corrected chi connectivity index (χ1v) is 5.68. The van der Waals surface area contributed by atoms with Crippen LogP contribution in [-0.2, 0) is 0 Å². The third kappa shape index (κ3) is 2.81. The molecule has 0 aliphatic carbocycles. The third-order valence-electron chi connectivity index (χ3n) is 2.54. The van der Waals surface area contributed by atoms with Crippen molar-refractivity contribution in [2.45, 2.75) is 32.4 Å². The molecule has 3 N–H and O–H groups in total. The molecule has 0 saturated carbocycles. The number of aliphatic hydroxyl groups excluding tert-OH is 1. The lowest BCUT2D eigenvalue weighted by Crippen LogP contribution is -2.38. The normalized spacial score (nSPS) is 14.1. The van der Waals surface area contributed by atoms with E-state index in [4.69, 9.17) is 0 Å². The number of nitrogens with one attached hydrogen (secondary N) is 2. The van der Waals surface area contributed by atoms with Crippen molar-refractivity contribution in [2.75, 3.05) is 6.54 Å². The Kier molecular flexibility index (Phi) is 3.13. The van der Waals surface area contributed by atoms with Gasteiger partial charge in [0.25, 0.3) is 0 Å². The summed E-state index contributed by atoms with van der Waals surface area (Å²) < 4.78 is 0. The molecule has 1 atom stereocenters. The smallest absolute Gasteiger partial charge is 0.109 e. The van der Waals surface area contributed by atoms with Gasteiger partial charge >= 0.3 is 0 Å². The zero-order valence-electron chi connectivity index (χ0n) is 10.4. The first-order chi connectivity index (χ1) is 7.97. The largest absolute Gasteiger partial charge is 0.385 e. The summed E-state index contributed by atoms with van der Waals surface area (Å²) in [6.07, 6.45) is 2.74. The predicted octanol–water partition coefficient (Wildman–Crippen LogP) is 1.38. The summed E-state index contributed by atoms with van der Waals surface area (Å²) in [6.45, 7) is 6.66. The van der Waals surface area contributed by atoms with Crippen LogP contribution in [-0.4, -0.2) is 32.4 Å². The maximum absolute atomic E-state index is 10.1. The van der Waals surface area contributed by atoms with E-state index < -0.39 is 6.10 Å². The average molecular weight is 234 g/mol. The lowest BCUT2D eigenvalue weighted by molar-refractivity contribution is 0.160. The second-order valence-electron chi connectivity index (χ2n) is 5.17. The van der Waals surface area contributed by atoms with E-state index >= 15 is 0 Å². The second-order valence-corrected chi connectivity index (χ2v) is 5.17. The van der Waals surface area contributed by atoms with E-state index in [0.717, 1.165) is 10.9 Å². The standard InChI is InChI=1S/C12H18N4O/c1-12(2,3)14-7-10(17)11-8-6-15-16-9(8)4-5-13-11/h4-6,10,14,17H,7H2,1-3H3,(H,15,16). The molecule has 0 radical (unpaired) electrons. The Morgan fingerprint density at radius 3 is 2.94 bits per heavy atom. The van der Waals surface area contributed by atoms with Crippen LogP contribution in [0.5, 0.6) is 0 Å². The second kappa shape index (κ2) is 4.43. The van der Waals surface area contributed by atoms with Gasteiger partial charge in [-0.15, -0.1) is 0 Å². The molecule has 2 aromatic heterocycles. The predicted molar refractivity (Wildman–Crippen MR) is 66.6 cm³/mol. The van der Waals surface area contributed by atoms with Crippen LogP contribution in [0.25, 0.3) is 10.9 Å². The molecule has 17 heavy (non-hydrogen) atoms. The highest BCUT2D eigenvalue weighted by molar-refractivity contribution is 5.80. The van der Waals surface area contributed by atoms with Gasteiger partial charge in [0.2, 0.25) is 0 Å². The molecule has 1 unspecified atom stereocenters. The highest BCUT2D eigenvalue weighted by Crippen LogP contribution is 2.20. The number of fused-ring (bicyclic) bond motifs is 1. The number of H-pyrrole nitrogens is 1. The van der Waals surface area contributed by atoms with Crippen molar-refractivity contribution in [2.24, 2.45) is 0 Å². The highest BCUT2D eigenvalue weighted by atomic mass is 16.3. The molecule has 2 aromatic rings. The lowest BCUT2D eigenvalue weighted by Gasteiger charge is -2.22. The number of nitrogens with zero attached hydrogens (tertiary/aromatic N) is 2. The van der Waals surface area contributed by atoms with Crippen molar-refractivity contribution in [3.8, 4) is 0 Å². The molecular weight excluding hydrogens is 216 g/mol. The topological polar surface area (TPSA) is 73.8 Å². The Balaban J connectivity index is 2.19. The van der Waals surface area contributed by atoms with Crippen LogP contribution in [0.4, 0.5) is 0 Å². The molecule has 92 valence electrons. The molecule has 0 bridgehead atoms. The summed E-state index contributed by atoms with van der Waals surface area (Å²) in [5, 5.41) is 21.1. The van der Waals surface area contributed by atoms with E-state index in [1.54, 1.807) is 12.4 Å². The van der Waals surface area contributed by atoms with Crippen LogP contribution < -0.4 is 5.32 Å². The van der Waals surface area contributed by atoms with Crippen molar-refractivity contribution in [3.05, 3.63) is 24.2 Å². The maximum Gasteiger partial charge on any atom is 0.109 e. The molecule has 0 aliphatic rings. The Morgan fingerprint density at radius 1 is 1.47 bits per heavy atom. The van der Waals surface area contributed by atoms with Crippen LogP contribution in [0, 0.1) is 0 Å². The van der Waals surface area contributed by atoms with Crippen molar-refractivity contribution in [1.82, 2.24) is 20.5 Å². The SMILES string of the molecule is CC(C)(C)NCC(O)c1nccc2[nH]ncc12. The van der Waals surface area contributed by atoms with Crippen LogP contribution in [0.1, 0.15) is 32.6 Å². The summed E-state index contributed by atoms with van der Waals surface area (Å²) in [5.74, 6) is 0. The molecule has 0 spiro atoms. The van der Waals surface area contributed by atoms with Crippen molar-refractivity contribution >= 4 is 10.9 Å². The third-order valence-corrected chi connectivity index (χ3v) is 2.54. The first-order valence-electron chi connectivity index (χ1n) is 5.68. The first kappa shape index (κ1) is 12.0. The Morgan fingerprint density at radius 2 is 2.24 bits per heavy atom. The van der Waals surface area contributed by atoms with Gasteiger partial charge in [-0.05, 0) is 26.8 Å². The summed E-state index contributed by atoms with van der Waals surface area (Å²) in [6, 6.07) is 1.84. The number of aromatic nitrogens is 3. The molecule has 0 aliphatic heterocycles. The molecule has 5 nitrogen and oxygen atoms in total. The van der Waals surface area contributed by atoms with E-state index in [9.17, 15) is 5.11 Å². The van der Waals surface area contributed by atoms with E-state index in [0.29, 0.717) is 12.2 Å². The van der Waals surface area contributed by atoms with Gasteiger partial charge in [-0.3, -0.25) is 10.1 Å². The summed E-state index contributed by atoms with van der Waals surface area (Å²) in [7, 11) is 0. The number of pyridine rings is 1. The van der Waals surface area contributed by atoms with E-state index in [1.165, 1.54) is 0 Å². The number of aliphatic hydroxyl groups is 1. The van der Waals surface area contributed by atoms with Crippen molar-refractivity contribution in [3.63, 3.8) is 0 Å². The van der Waals surface area contributed by atoms with Gasteiger partial charge in [0.15, 0.2) is 0 Å². The number of rotatable bonds is 3. The number of β-amino-alcohol motifs (C(OH)–C–C–N with tert-alkyl or cyclic N) is 1. The van der Waals surface area contributed by atoms with Crippen LogP contribution in [0.3, 0.4) is 0 Å². The minimum Gasteiger partial charge on any atom is -0.385 e. The summed E-state index contributed by atoms with van der Waals surface area (Å²) in [4.78, 5) is 4.23. The van der Waals surface area contributed by atoms with Crippen molar-refractivity contribution < 1.29 is 5.11 Å². The van der Waals surface area contributed by atoms with Gasteiger partial charge in [0, 0.05) is 23.7 Å². The van der Waals surface area contributed by atoms with Gasteiger partial charge in [0.05, 0.1) is 17.4 Å². The average Bonchev–Trinajstić information content (AvgIpc) is 2.72. The number of hydrogen-bond donors (Lipinski definition) is 3. The van der Waals surface area contributed by atoms with Crippen LogP contribution in [0.2, 0.25) is 0 Å². The molecule has 2 heterocycles. The van der Waals surface area contributed by atoms with Gasteiger partial charge in [0.1, 0.15) is 6.10 Å². The zero-order valence-corrected chi connectivity index (χ0v) is 10.4. The highest BCUT2D eigenvalue weighted by Gasteiger charge is 2.17. The molecule has 0 fully saturated rings. The zero-order chi connectivity index (χ0) is 12.5. The van der Waals surface area contributed by atoms with Gasteiger partial charge in [-0.2, -0.15) is 5.10 Å². The fraction of sp³-hybridized carbons (Fsp3) is 0.500. The minimum atomic E-state index is -0.629. The fourth-order valence-electron chi connectivity index (χ4n) is 1.65. The summed E-state index contributed by atoms with van der Waals surface area (Å²) >= 11 is 0. The molecule has 0 aromatic carbocycles. The monoisotopic (exact) mass is 234 g/mol.